The smallest absolute Gasteiger partial charge is 0.269 e. The standard InChI is InChI=1S/C13H15FN2O4S/c1-8-2-3-9(6-11(8)14)12(17)15-16-13(18)10-4-5-21(19,20)7-10/h2-3,6,10H,4-5,7H2,1H3,(H,15,17)(H,16,18)/t10-/m1/s1. The third-order valence-electron chi connectivity index (χ3n) is 3.34. The van der Waals surface area contributed by atoms with Crippen LogP contribution < -0.4 is 10.9 Å². The van der Waals surface area contributed by atoms with Crippen molar-refractivity contribution >= 4 is 21.7 Å². The molecule has 1 aromatic rings. The van der Waals surface area contributed by atoms with Crippen LogP contribution in [0.1, 0.15) is 22.3 Å². The van der Waals surface area contributed by atoms with Gasteiger partial charge in [-0.1, -0.05) is 6.07 Å². The Morgan fingerprint density at radius 3 is 2.57 bits per heavy atom. The number of carbonyl (C=O) groups excluding carboxylic acids is 2. The van der Waals surface area contributed by atoms with Gasteiger partial charge < -0.3 is 0 Å². The summed E-state index contributed by atoms with van der Waals surface area (Å²) >= 11 is 0. The summed E-state index contributed by atoms with van der Waals surface area (Å²) in [7, 11) is -3.16. The summed E-state index contributed by atoms with van der Waals surface area (Å²) < 4.78 is 35.9. The van der Waals surface area contributed by atoms with Crippen LogP contribution >= 0.6 is 0 Å². The second kappa shape index (κ2) is 5.80. The van der Waals surface area contributed by atoms with Gasteiger partial charge in [0.05, 0.1) is 17.4 Å². The molecule has 8 heteroatoms. The van der Waals surface area contributed by atoms with Crippen molar-refractivity contribution in [2.24, 2.45) is 5.92 Å². The third kappa shape index (κ3) is 3.78. The van der Waals surface area contributed by atoms with Gasteiger partial charge in [-0.2, -0.15) is 0 Å². The van der Waals surface area contributed by atoms with Crippen LogP contribution in [0.5, 0.6) is 0 Å². The van der Waals surface area contributed by atoms with E-state index in [0.717, 1.165) is 6.07 Å². The summed E-state index contributed by atoms with van der Waals surface area (Å²) in [5, 5.41) is 0. The Kier molecular flexibility index (Phi) is 4.26. The first-order valence-electron chi connectivity index (χ1n) is 6.35. The van der Waals surface area contributed by atoms with Crippen molar-refractivity contribution in [2.75, 3.05) is 11.5 Å². The van der Waals surface area contributed by atoms with Crippen molar-refractivity contribution in [3.8, 4) is 0 Å². The second-order valence-corrected chi connectivity index (χ2v) is 7.24. The van der Waals surface area contributed by atoms with Crippen molar-refractivity contribution < 1.29 is 22.4 Å². The predicted octanol–water partition coefficient (Wildman–Crippen LogP) is 0.330. The third-order valence-corrected chi connectivity index (χ3v) is 5.10. The Balaban J connectivity index is 1.92. The summed E-state index contributed by atoms with van der Waals surface area (Å²) in [5.41, 5.74) is 4.80. The van der Waals surface area contributed by atoms with E-state index < -0.39 is 33.4 Å². The van der Waals surface area contributed by atoms with E-state index in [1.807, 2.05) is 0 Å². The Labute approximate surface area is 121 Å². The van der Waals surface area contributed by atoms with E-state index in [1.54, 1.807) is 6.92 Å². The Bertz CT molecular complexity index is 687. The number of hydrogen-bond acceptors (Lipinski definition) is 4. The molecule has 2 rings (SSSR count). The number of halogens is 1. The van der Waals surface area contributed by atoms with Gasteiger partial charge in [-0.25, -0.2) is 12.8 Å². The van der Waals surface area contributed by atoms with Gasteiger partial charge in [0.15, 0.2) is 9.84 Å². The summed E-state index contributed by atoms with van der Waals surface area (Å²) in [5.74, 6) is -2.64. The highest BCUT2D eigenvalue weighted by molar-refractivity contribution is 7.91. The minimum atomic E-state index is -3.16. The van der Waals surface area contributed by atoms with Crippen molar-refractivity contribution in [1.29, 1.82) is 0 Å². The first kappa shape index (κ1) is 15.4. The van der Waals surface area contributed by atoms with Gasteiger partial charge in [0, 0.05) is 5.56 Å². The van der Waals surface area contributed by atoms with Crippen LogP contribution in [0.15, 0.2) is 18.2 Å². The van der Waals surface area contributed by atoms with Gasteiger partial charge in [-0.15, -0.1) is 0 Å². The van der Waals surface area contributed by atoms with Crippen LogP contribution in [0.25, 0.3) is 0 Å². The molecular weight excluding hydrogens is 299 g/mol. The molecule has 1 aliphatic heterocycles. The topological polar surface area (TPSA) is 92.3 Å². The maximum absolute atomic E-state index is 13.3. The first-order chi connectivity index (χ1) is 9.78. The minimum Gasteiger partial charge on any atom is -0.273 e. The highest BCUT2D eigenvalue weighted by atomic mass is 32.2. The quantitative estimate of drug-likeness (QED) is 0.770. The van der Waals surface area contributed by atoms with Crippen molar-refractivity contribution in [3.05, 3.63) is 35.1 Å². The Morgan fingerprint density at radius 1 is 1.29 bits per heavy atom. The molecule has 0 aliphatic carbocycles. The van der Waals surface area contributed by atoms with E-state index in [0.29, 0.717) is 5.56 Å². The summed E-state index contributed by atoms with van der Waals surface area (Å²) in [6, 6.07) is 3.95. The fraction of sp³-hybridized carbons (Fsp3) is 0.385. The van der Waals surface area contributed by atoms with E-state index in [-0.39, 0.29) is 23.5 Å². The molecular formula is C13H15FN2O4S. The second-order valence-electron chi connectivity index (χ2n) is 5.01. The van der Waals surface area contributed by atoms with Gasteiger partial charge in [0.1, 0.15) is 5.82 Å². The van der Waals surface area contributed by atoms with Crippen molar-refractivity contribution in [2.45, 2.75) is 13.3 Å². The molecule has 0 unspecified atom stereocenters. The molecule has 2 N–H and O–H groups in total. The largest absolute Gasteiger partial charge is 0.273 e. The lowest BCUT2D eigenvalue weighted by atomic mass is 10.1. The highest BCUT2D eigenvalue weighted by Crippen LogP contribution is 2.18. The lowest BCUT2D eigenvalue weighted by Gasteiger charge is -2.11. The number of sulfone groups is 1. The molecule has 0 aromatic heterocycles. The highest BCUT2D eigenvalue weighted by Gasteiger charge is 2.33. The van der Waals surface area contributed by atoms with Crippen LogP contribution in [0.4, 0.5) is 4.39 Å². The normalized spacial score (nSPS) is 20.0. The van der Waals surface area contributed by atoms with Gasteiger partial charge in [0.25, 0.3) is 5.91 Å². The number of nitrogens with one attached hydrogen (secondary N) is 2. The molecule has 1 heterocycles. The van der Waals surface area contributed by atoms with E-state index in [4.69, 9.17) is 0 Å². The molecule has 21 heavy (non-hydrogen) atoms. The molecule has 1 fully saturated rings. The van der Waals surface area contributed by atoms with Gasteiger partial charge in [0.2, 0.25) is 5.91 Å². The number of benzene rings is 1. The fourth-order valence-corrected chi connectivity index (χ4v) is 3.77. The van der Waals surface area contributed by atoms with Crippen LogP contribution in [-0.2, 0) is 14.6 Å². The van der Waals surface area contributed by atoms with E-state index in [9.17, 15) is 22.4 Å². The first-order valence-corrected chi connectivity index (χ1v) is 8.17. The maximum atomic E-state index is 13.3. The minimum absolute atomic E-state index is 0.0256. The number of aryl methyl sites for hydroxylation is 1. The number of hydrogen-bond donors (Lipinski definition) is 2. The molecule has 1 aromatic carbocycles. The number of amides is 2. The Morgan fingerprint density at radius 2 is 2.00 bits per heavy atom. The zero-order valence-electron chi connectivity index (χ0n) is 11.3. The van der Waals surface area contributed by atoms with Gasteiger partial charge in [-0.05, 0) is 31.0 Å². The average Bonchev–Trinajstić information content (AvgIpc) is 2.79. The molecule has 1 atom stereocenters. The molecule has 114 valence electrons. The number of carbonyl (C=O) groups is 2. The monoisotopic (exact) mass is 314 g/mol. The van der Waals surface area contributed by atoms with E-state index >= 15 is 0 Å². The molecule has 2 amide bonds. The fourth-order valence-electron chi connectivity index (χ4n) is 2.03. The lowest BCUT2D eigenvalue weighted by Crippen LogP contribution is -2.44. The molecule has 6 nitrogen and oxygen atoms in total. The van der Waals surface area contributed by atoms with Crippen molar-refractivity contribution in [3.63, 3.8) is 0 Å². The maximum Gasteiger partial charge on any atom is 0.269 e. The SMILES string of the molecule is Cc1ccc(C(=O)NNC(=O)[C@@H]2CCS(=O)(=O)C2)cc1F. The molecule has 1 aliphatic rings. The number of rotatable bonds is 2. The zero-order valence-corrected chi connectivity index (χ0v) is 12.2. The van der Waals surface area contributed by atoms with Gasteiger partial charge in [-0.3, -0.25) is 20.4 Å². The van der Waals surface area contributed by atoms with Gasteiger partial charge >= 0.3 is 0 Å². The molecule has 1 saturated heterocycles. The lowest BCUT2D eigenvalue weighted by molar-refractivity contribution is -0.125. The Hall–Kier alpha value is -1.96. The summed E-state index contributed by atoms with van der Waals surface area (Å²) in [4.78, 5) is 23.5. The zero-order chi connectivity index (χ0) is 15.6. The van der Waals surface area contributed by atoms with E-state index in [1.165, 1.54) is 12.1 Å². The summed E-state index contributed by atoms with van der Waals surface area (Å²) in [6.45, 7) is 1.57. The van der Waals surface area contributed by atoms with Crippen molar-refractivity contribution in [1.82, 2.24) is 10.9 Å². The molecule has 0 radical (unpaired) electrons. The number of hydrazine groups is 1. The molecule has 0 bridgehead atoms. The predicted molar refractivity (Wildman–Crippen MR) is 73.5 cm³/mol. The van der Waals surface area contributed by atoms with Crippen LogP contribution in [-0.4, -0.2) is 31.7 Å². The molecule has 0 spiro atoms. The van der Waals surface area contributed by atoms with Crippen LogP contribution in [0.3, 0.4) is 0 Å². The van der Waals surface area contributed by atoms with Crippen LogP contribution in [0, 0.1) is 18.7 Å². The summed E-state index contributed by atoms with van der Waals surface area (Å²) in [6.07, 6.45) is 0.239. The average molecular weight is 314 g/mol. The van der Waals surface area contributed by atoms with E-state index in [2.05, 4.69) is 10.9 Å². The molecule has 0 saturated carbocycles. The van der Waals surface area contributed by atoms with Crippen LogP contribution in [0.2, 0.25) is 0 Å².